The van der Waals surface area contributed by atoms with Gasteiger partial charge in [-0.05, 0) is 81.6 Å². The molecule has 1 unspecified atom stereocenters. The summed E-state index contributed by atoms with van der Waals surface area (Å²) in [5, 5.41) is 0. The van der Waals surface area contributed by atoms with E-state index in [4.69, 9.17) is 14.2 Å². The Labute approximate surface area is 268 Å². The molecule has 10 heteroatoms. The van der Waals surface area contributed by atoms with E-state index in [0.717, 1.165) is 42.5 Å². The molecule has 2 fully saturated rings. The van der Waals surface area contributed by atoms with Gasteiger partial charge in [0.25, 0.3) is 5.91 Å². The highest BCUT2D eigenvalue weighted by Crippen LogP contribution is 2.42. The molecule has 3 aromatic carbocycles. The van der Waals surface area contributed by atoms with E-state index < -0.39 is 5.41 Å². The normalized spacial score (nSPS) is 19.0. The second-order valence-electron chi connectivity index (χ2n) is 12.2. The van der Waals surface area contributed by atoms with E-state index in [9.17, 15) is 14.4 Å². The SMILES string of the molecule is COc1cc(C(=O)N2CCC(CCN3CCC(C(=O)c4nc5ccccc5[nH]4)CC3)(Cc3ccccc3)C2=O)cc(OC)c1OC. The summed E-state index contributed by atoms with van der Waals surface area (Å²) < 4.78 is 16.3. The number of rotatable bonds is 11. The summed E-state index contributed by atoms with van der Waals surface area (Å²) in [5.41, 5.74) is 2.30. The van der Waals surface area contributed by atoms with Gasteiger partial charge in [-0.2, -0.15) is 0 Å². The van der Waals surface area contributed by atoms with E-state index in [1.54, 1.807) is 12.1 Å². The lowest BCUT2D eigenvalue weighted by molar-refractivity contribution is -0.134. The number of aromatic nitrogens is 2. The zero-order chi connectivity index (χ0) is 32.3. The predicted octanol–water partition coefficient (Wildman–Crippen LogP) is 5.18. The number of methoxy groups -OCH3 is 3. The van der Waals surface area contributed by atoms with Crippen molar-refractivity contribution in [1.82, 2.24) is 19.8 Å². The Balaban J connectivity index is 1.15. The number of nitrogens with zero attached hydrogens (tertiary/aromatic N) is 3. The molecular weight excluding hydrogens is 584 g/mol. The Hall–Kier alpha value is -4.70. The van der Waals surface area contributed by atoms with Crippen LogP contribution >= 0.6 is 0 Å². The van der Waals surface area contributed by atoms with Crippen LogP contribution in [0.15, 0.2) is 66.7 Å². The fraction of sp³-hybridized carbons (Fsp3) is 0.389. The van der Waals surface area contributed by atoms with Gasteiger partial charge in [0.15, 0.2) is 17.3 Å². The minimum absolute atomic E-state index is 0.0586. The van der Waals surface area contributed by atoms with Crippen molar-refractivity contribution in [1.29, 1.82) is 0 Å². The third-order valence-corrected chi connectivity index (χ3v) is 9.54. The maximum absolute atomic E-state index is 14.3. The van der Waals surface area contributed by atoms with Crippen LogP contribution in [-0.4, -0.2) is 84.9 Å². The number of aromatic amines is 1. The molecule has 240 valence electrons. The Morgan fingerprint density at radius 2 is 1.59 bits per heavy atom. The summed E-state index contributed by atoms with van der Waals surface area (Å²) in [6, 6.07) is 20.8. The minimum Gasteiger partial charge on any atom is -0.493 e. The number of H-pyrrole nitrogens is 1. The zero-order valence-electron chi connectivity index (χ0n) is 26.6. The maximum atomic E-state index is 14.3. The first kappa shape index (κ1) is 31.3. The van der Waals surface area contributed by atoms with Crippen LogP contribution in [0, 0.1) is 11.3 Å². The van der Waals surface area contributed by atoms with Crippen molar-refractivity contribution in [2.75, 3.05) is 47.5 Å². The van der Waals surface area contributed by atoms with E-state index in [0.29, 0.717) is 61.0 Å². The van der Waals surface area contributed by atoms with E-state index in [2.05, 4.69) is 14.9 Å². The number of amides is 2. The molecule has 1 atom stereocenters. The number of carbonyl (C=O) groups excluding carboxylic acids is 3. The maximum Gasteiger partial charge on any atom is 0.260 e. The summed E-state index contributed by atoms with van der Waals surface area (Å²) in [6.07, 6.45) is 3.20. The number of fused-ring (bicyclic) bond motifs is 1. The number of hydrogen-bond donors (Lipinski definition) is 1. The van der Waals surface area contributed by atoms with Crippen LogP contribution in [0.3, 0.4) is 0 Å². The van der Waals surface area contributed by atoms with Crippen LogP contribution in [0.1, 0.15) is 52.2 Å². The molecule has 1 N–H and O–H groups in total. The lowest BCUT2D eigenvalue weighted by Gasteiger charge is -2.34. The average molecular weight is 625 g/mol. The van der Waals surface area contributed by atoms with Crippen LogP contribution in [0.2, 0.25) is 0 Å². The molecule has 1 aromatic heterocycles. The first-order chi connectivity index (χ1) is 22.4. The van der Waals surface area contributed by atoms with Gasteiger partial charge in [0, 0.05) is 18.0 Å². The monoisotopic (exact) mass is 624 g/mol. The van der Waals surface area contributed by atoms with Crippen LogP contribution in [0.5, 0.6) is 17.2 Å². The number of para-hydroxylation sites is 2. The quantitative estimate of drug-likeness (QED) is 0.180. The summed E-state index contributed by atoms with van der Waals surface area (Å²) >= 11 is 0. The molecule has 0 bridgehead atoms. The number of ketones is 1. The minimum atomic E-state index is -0.724. The van der Waals surface area contributed by atoms with Crippen molar-refractivity contribution < 1.29 is 28.6 Å². The van der Waals surface area contributed by atoms with Gasteiger partial charge in [0.2, 0.25) is 17.4 Å². The Morgan fingerprint density at radius 3 is 2.24 bits per heavy atom. The highest BCUT2D eigenvalue weighted by molar-refractivity contribution is 6.08. The fourth-order valence-corrected chi connectivity index (χ4v) is 6.90. The van der Waals surface area contributed by atoms with Crippen LogP contribution in [0.25, 0.3) is 11.0 Å². The van der Waals surface area contributed by atoms with Crippen molar-refractivity contribution in [2.24, 2.45) is 11.3 Å². The molecule has 2 amide bonds. The van der Waals surface area contributed by atoms with E-state index in [1.807, 2.05) is 54.6 Å². The van der Waals surface area contributed by atoms with Gasteiger partial charge in [-0.25, -0.2) is 4.98 Å². The number of ether oxygens (including phenoxy) is 3. The van der Waals surface area contributed by atoms with Crippen molar-refractivity contribution in [2.45, 2.75) is 32.1 Å². The second kappa shape index (κ2) is 13.3. The molecular formula is C36H40N4O6. The average Bonchev–Trinajstić information content (AvgIpc) is 3.68. The molecule has 0 radical (unpaired) electrons. The predicted molar refractivity (Wildman–Crippen MR) is 174 cm³/mol. The summed E-state index contributed by atoms with van der Waals surface area (Å²) in [4.78, 5) is 52.8. The van der Waals surface area contributed by atoms with Gasteiger partial charge in [0.05, 0.1) is 37.8 Å². The first-order valence-corrected chi connectivity index (χ1v) is 15.8. The summed E-state index contributed by atoms with van der Waals surface area (Å²) in [6.45, 7) is 2.56. The molecule has 2 saturated heterocycles. The zero-order valence-corrected chi connectivity index (χ0v) is 26.6. The summed E-state index contributed by atoms with van der Waals surface area (Å²) in [7, 11) is 4.50. The van der Waals surface area contributed by atoms with E-state index in [1.165, 1.54) is 26.2 Å². The van der Waals surface area contributed by atoms with Crippen molar-refractivity contribution in [3.05, 3.63) is 83.7 Å². The topological polar surface area (TPSA) is 114 Å². The third kappa shape index (κ3) is 6.09. The van der Waals surface area contributed by atoms with Gasteiger partial charge in [-0.3, -0.25) is 19.3 Å². The molecule has 3 heterocycles. The number of imide groups is 1. The molecule has 2 aliphatic rings. The molecule has 0 spiro atoms. The number of benzene rings is 3. The number of carbonyl (C=O) groups is 3. The lowest BCUT2D eigenvalue weighted by atomic mass is 9.77. The Bertz CT molecular complexity index is 1670. The van der Waals surface area contributed by atoms with Crippen LogP contribution < -0.4 is 14.2 Å². The molecule has 0 saturated carbocycles. The van der Waals surface area contributed by atoms with E-state index in [-0.39, 0.29) is 23.5 Å². The van der Waals surface area contributed by atoms with E-state index >= 15 is 0 Å². The van der Waals surface area contributed by atoms with Crippen LogP contribution in [-0.2, 0) is 11.2 Å². The standard InChI is InChI=1S/C36H40N4O6/c1-44-29-21-26(22-30(45-2)32(29)46-3)34(42)40-20-16-36(35(40)43,23-24-9-5-4-6-10-24)15-19-39-17-13-25(14-18-39)31(41)33-37-27-11-7-8-12-28(27)38-33/h4-12,21-22,25H,13-20,23H2,1-3H3,(H,37,38). The molecule has 4 aromatic rings. The lowest BCUT2D eigenvalue weighted by Crippen LogP contribution is -2.43. The number of nitrogens with one attached hydrogen (secondary N) is 1. The third-order valence-electron chi connectivity index (χ3n) is 9.54. The molecule has 10 nitrogen and oxygen atoms in total. The molecule has 2 aliphatic heterocycles. The van der Waals surface area contributed by atoms with Gasteiger partial charge < -0.3 is 24.1 Å². The smallest absolute Gasteiger partial charge is 0.260 e. The summed E-state index contributed by atoms with van der Waals surface area (Å²) in [5.74, 6) is 0.946. The van der Waals surface area contributed by atoms with Crippen molar-refractivity contribution in [3.8, 4) is 17.2 Å². The highest BCUT2D eigenvalue weighted by Gasteiger charge is 2.49. The second-order valence-corrected chi connectivity index (χ2v) is 12.2. The van der Waals surface area contributed by atoms with Gasteiger partial charge in [-0.15, -0.1) is 0 Å². The first-order valence-electron chi connectivity index (χ1n) is 15.8. The van der Waals surface area contributed by atoms with Crippen molar-refractivity contribution >= 4 is 28.6 Å². The Morgan fingerprint density at radius 1 is 0.913 bits per heavy atom. The van der Waals surface area contributed by atoms with Gasteiger partial charge in [-0.1, -0.05) is 42.5 Å². The number of imidazole rings is 1. The van der Waals surface area contributed by atoms with Gasteiger partial charge in [0.1, 0.15) is 0 Å². The van der Waals surface area contributed by atoms with Crippen LogP contribution in [0.4, 0.5) is 0 Å². The number of hydrogen-bond acceptors (Lipinski definition) is 8. The number of likely N-dealkylation sites (tertiary alicyclic amines) is 2. The highest BCUT2D eigenvalue weighted by atomic mass is 16.5. The number of Topliss-reactive ketones (excluding diaryl/α,β-unsaturated/α-hetero) is 1. The van der Waals surface area contributed by atoms with Gasteiger partial charge >= 0.3 is 0 Å². The molecule has 0 aliphatic carbocycles. The van der Waals surface area contributed by atoms with Crippen molar-refractivity contribution in [3.63, 3.8) is 0 Å². The molecule has 6 rings (SSSR count). The molecule has 46 heavy (non-hydrogen) atoms. The Kier molecular flexibility index (Phi) is 9.08. The largest absolute Gasteiger partial charge is 0.493 e. The fourth-order valence-electron chi connectivity index (χ4n) is 6.90. The number of piperidine rings is 1.